The second kappa shape index (κ2) is 8.52. The van der Waals surface area contributed by atoms with Crippen LogP contribution in [0.3, 0.4) is 0 Å². The number of ether oxygens (including phenoxy) is 2. The fraction of sp³-hybridized carbons (Fsp3) is 0.474. The molecular formula is C19H25N5O4S. The van der Waals surface area contributed by atoms with Crippen molar-refractivity contribution in [2.75, 3.05) is 69.4 Å². The molecule has 0 N–H and O–H groups in total. The monoisotopic (exact) mass is 419 g/mol. The van der Waals surface area contributed by atoms with E-state index in [0.29, 0.717) is 51.1 Å². The van der Waals surface area contributed by atoms with Gasteiger partial charge in [-0.25, -0.2) is 13.4 Å². The van der Waals surface area contributed by atoms with Crippen LogP contribution in [0.15, 0.2) is 41.4 Å². The predicted molar refractivity (Wildman–Crippen MR) is 109 cm³/mol. The summed E-state index contributed by atoms with van der Waals surface area (Å²) in [6, 6.07) is 8.37. The van der Waals surface area contributed by atoms with E-state index >= 15 is 0 Å². The Balaban J connectivity index is 1.42. The van der Waals surface area contributed by atoms with E-state index in [1.165, 1.54) is 4.31 Å². The minimum atomic E-state index is -3.52. The molecule has 0 radical (unpaired) electrons. The Morgan fingerprint density at radius 3 is 2.28 bits per heavy atom. The summed E-state index contributed by atoms with van der Waals surface area (Å²) in [6.45, 7) is 4.88. The first-order valence-electron chi connectivity index (χ1n) is 9.63. The molecular weight excluding hydrogens is 394 g/mol. The van der Waals surface area contributed by atoms with Crippen molar-refractivity contribution in [1.82, 2.24) is 14.3 Å². The molecule has 156 valence electrons. The summed E-state index contributed by atoms with van der Waals surface area (Å²) >= 11 is 0. The van der Waals surface area contributed by atoms with Gasteiger partial charge in [-0.3, -0.25) is 0 Å². The zero-order chi connectivity index (χ0) is 20.3. The van der Waals surface area contributed by atoms with Crippen LogP contribution >= 0.6 is 0 Å². The first-order valence-corrected chi connectivity index (χ1v) is 11.1. The molecule has 4 rings (SSSR count). The van der Waals surface area contributed by atoms with Gasteiger partial charge >= 0.3 is 0 Å². The van der Waals surface area contributed by atoms with Gasteiger partial charge in [0, 0.05) is 45.5 Å². The largest absolute Gasteiger partial charge is 0.497 e. The number of benzene rings is 1. The Labute approximate surface area is 170 Å². The number of anilines is 2. The van der Waals surface area contributed by atoms with E-state index in [-0.39, 0.29) is 4.90 Å². The summed E-state index contributed by atoms with van der Waals surface area (Å²) in [5.41, 5.74) is 0. The van der Waals surface area contributed by atoms with Crippen LogP contribution in [-0.4, -0.2) is 82.3 Å². The number of hydrogen-bond acceptors (Lipinski definition) is 8. The fourth-order valence-electron chi connectivity index (χ4n) is 3.49. The highest BCUT2D eigenvalue weighted by molar-refractivity contribution is 7.89. The quantitative estimate of drug-likeness (QED) is 0.704. The molecule has 0 spiro atoms. The summed E-state index contributed by atoms with van der Waals surface area (Å²) in [4.78, 5) is 13.6. The van der Waals surface area contributed by atoms with Crippen molar-refractivity contribution in [1.29, 1.82) is 0 Å². The zero-order valence-corrected chi connectivity index (χ0v) is 17.2. The molecule has 1 aromatic carbocycles. The maximum Gasteiger partial charge on any atom is 0.243 e. The van der Waals surface area contributed by atoms with E-state index in [1.807, 2.05) is 6.07 Å². The second-order valence-corrected chi connectivity index (χ2v) is 8.82. The lowest BCUT2D eigenvalue weighted by molar-refractivity contribution is 0.122. The normalized spacial score (nSPS) is 18.7. The van der Waals surface area contributed by atoms with E-state index in [2.05, 4.69) is 19.8 Å². The number of rotatable bonds is 5. The van der Waals surface area contributed by atoms with E-state index in [4.69, 9.17) is 9.47 Å². The molecule has 0 saturated carbocycles. The molecule has 29 heavy (non-hydrogen) atoms. The number of methoxy groups -OCH3 is 1. The summed E-state index contributed by atoms with van der Waals surface area (Å²) in [7, 11) is -1.97. The first kappa shape index (κ1) is 19.9. The van der Waals surface area contributed by atoms with Crippen molar-refractivity contribution in [2.45, 2.75) is 4.90 Å². The molecule has 1 aromatic heterocycles. The van der Waals surface area contributed by atoms with Gasteiger partial charge in [-0.2, -0.15) is 9.29 Å². The van der Waals surface area contributed by atoms with Crippen molar-refractivity contribution >= 4 is 21.8 Å². The van der Waals surface area contributed by atoms with Gasteiger partial charge in [-0.15, -0.1) is 0 Å². The minimum Gasteiger partial charge on any atom is -0.497 e. The predicted octanol–water partition coefficient (Wildman–Crippen LogP) is 0.833. The molecule has 2 aliphatic rings. The third kappa shape index (κ3) is 4.29. The number of hydrogen-bond donors (Lipinski definition) is 0. The molecule has 0 amide bonds. The summed E-state index contributed by atoms with van der Waals surface area (Å²) in [5, 5.41) is 0. The Hall–Kier alpha value is -2.43. The van der Waals surface area contributed by atoms with Gasteiger partial charge in [-0.05, 0) is 30.3 Å². The highest BCUT2D eigenvalue weighted by atomic mass is 32.2. The van der Waals surface area contributed by atoms with Crippen LogP contribution in [0.25, 0.3) is 0 Å². The zero-order valence-electron chi connectivity index (χ0n) is 16.4. The molecule has 2 fully saturated rings. The van der Waals surface area contributed by atoms with Gasteiger partial charge in [0.2, 0.25) is 16.0 Å². The lowest BCUT2D eigenvalue weighted by Gasteiger charge is -2.35. The van der Waals surface area contributed by atoms with Crippen LogP contribution in [0.5, 0.6) is 5.75 Å². The van der Waals surface area contributed by atoms with Gasteiger partial charge in [-0.1, -0.05) is 0 Å². The smallest absolute Gasteiger partial charge is 0.243 e. The van der Waals surface area contributed by atoms with Crippen molar-refractivity contribution in [3.63, 3.8) is 0 Å². The molecule has 9 nitrogen and oxygen atoms in total. The lowest BCUT2D eigenvalue weighted by Crippen LogP contribution is -2.49. The standard InChI is InChI=1S/C19H25N5O4S/c1-27-16-2-4-17(5-3-16)29(25,26)24-10-8-22(9-11-24)18-6-7-20-19(21-18)23-12-14-28-15-13-23/h2-7H,8-15H2,1H3. The second-order valence-electron chi connectivity index (χ2n) is 6.88. The van der Waals surface area contributed by atoms with Crippen LogP contribution < -0.4 is 14.5 Å². The maximum absolute atomic E-state index is 12.9. The average Bonchev–Trinajstić information content (AvgIpc) is 2.80. The highest BCUT2D eigenvalue weighted by Crippen LogP contribution is 2.23. The third-order valence-corrected chi connectivity index (χ3v) is 7.09. The highest BCUT2D eigenvalue weighted by Gasteiger charge is 2.29. The molecule has 2 saturated heterocycles. The number of piperazine rings is 1. The summed E-state index contributed by atoms with van der Waals surface area (Å²) < 4.78 is 37.8. The van der Waals surface area contributed by atoms with E-state index in [1.54, 1.807) is 37.6 Å². The Bertz CT molecular complexity index is 924. The van der Waals surface area contributed by atoms with Crippen molar-refractivity contribution in [2.24, 2.45) is 0 Å². The van der Waals surface area contributed by atoms with Gasteiger partial charge in [0.1, 0.15) is 11.6 Å². The molecule has 0 atom stereocenters. The van der Waals surface area contributed by atoms with Crippen LogP contribution in [0.2, 0.25) is 0 Å². The van der Waals surface area contributed by atoms with Gasteiger partial charge in [0.05, 0.1) is 25.2 Å². The Kier molecular flexibility index (Phi) is 5.84. The Morgan fingerprint density at radius 2 is 1.62 bits per heavy atom. The molecule has 10 heteroatoms. The lowest BCUT2D eigenvalue weighted by atomic mass is 10.3. The van der Waals surface area contributed by atoms with Crippen LogP contribution in [-0.2, 0) is 14.8 Å². The van der Waals surface area contributed by atoms with Crippen molar-refractivity contribution < 1.29 is 17.9 Å². The Morgan fingerprint density at radius 1 is 0.931 bits per heavy atom. The van der Waals surface area contributed by atoms with Crippen molar-refractivity contribution in [3.05, 3.63) is 36.5 Å². The van der Waals surface area contributed by atoms with Gasteiger partial charge in [0.25, 0.3) is 0 Å². The van der Waals surface area contributed by atoms with Gasteiger partial charge in [0.15, 0.2) is 0 Å². The minimum absolute atomic E-state index is 0.281. The van der Waals surface area contributed by atoms with E-state index in [0.717, 1.165) is 18.9 Å². The molecule has 0 bridgehead atoms. The summed E-state index contributed by atoms with van der Waals surface area (Å²) in [6.07, 6.45) is 1.76. The number of sulfonamides is 1. The molecule has 0 unspecified atom stereocenters. The van der Waals surface area contributed by atoms with Crippen molar-refractivity contribution in [3.8, 4) is 5.75 Å². The van der Waals surface area contributed by atoms with E-state index in [9.17, 15) is 8.42 Å². The molecule has 0 aliphatic carbocycles. The average molecular weight is 420 g/mol. The third-order valence-electron chi connectivity index (χ3n) is 5.18. The van der Waals surface area contributed by atoms with Gasteiger partial charge < -0.3 is 19.3 Å². The molecule has 3 heterocycles. The first-order chi connectivity index (χ1) is 14.1. The van der Waals surface area contributed by atoms with E-state index < -0.39 is 10.0 Å². The SMILES string of the molecule is COc1ccc(S(=O)(=O)N2CCN(c3ccnc(N4CCOCC4)n3)CC2)cc1. The fourth-order valence-corrected chi connectivity index (χ4v) is 4.91. The number of nitrogens with zero attached hydrogens (tertiary/aromatic N) is 5. The summed E-state index contributed by atoms with van der Waals surface area (Å²) in [5.74, 6) is 2.15. The molecule has 2 aliphatic heterocycles. The van der Waals surface area contributed by atoms with Crippen LogP contribution in [0, 0.1) is 0 Å². The topological polar surface area (TPSA) is 88.1 Å². The van der Waals surface area contributed by atoms with Crippen LogP contribution in [0.1, 0.15) is 0 Å². The molecule has 2 aromatic rings. The van der Waals surface area contributed by atoms with Crippen LogP contribution in [0.4, 0.5) is 11.8 Å². The number of morpholine rings is 1. The maximum atomic E-state index is 12.9. The number of aromatic nitrogens is 2.